The number of ether oxygens (including phenoxy) is 1. The number of esters is 1. The minimum Gasteiger partial charge on any atom is -0.465 e. The van der Waals surface area contributed by atoms with Crippen LogP contribution in [0.1, 0.15) is 34.5 Å². The molecule has 0 spiro atoms. The van der Waals surface area contributed by atoms with Gasteiger partial charge in [-0.2, -0.15) is 0 Å². The standard InChI is InChI=1S/C19H22Cl2N2O3/c1-11(7-12-3-5-13(6-4-12)19(25)26-2)23-10-17(24)14-8-15(20)18(22)16(21)9-14/h3-6,8-9,11,17,23-24H,7,10,22H2,1-2H3. The van der Waals surface area contributed by atoms with Crippen LogP contribution in [-0.2, 0) is 11.2 Å². The summed E-state index contributed by atoms with van der Waals surface area (Å²) in [5, 5.41) is 14.2. The number of carbonyl (C=O) groups excluding carboxylic acids is 1. The predicted molar refractivity (Wildman–Crippen MR) is 105 cm³/mol. The number of nitrogens with two attached hydrogens (primary N) is 1. The molecule has 0 radical (unpaired) electrons. The van der Waals surface area contributed by atoms with Gasteiger partial charge in [-0.15, -0.1) is 0 Å². The molecule has 0 aliphatic carbocycles. The van der Waals surface area contributed by atoms with Crippen molar-refractivity contribution in [3.05, 3.63) is 63.1 Å². The zero-order chi connectivity index (χ0) is 19.3. The highest BCUT2D eigenvalue weighted by Gasteiger charge is 2.14. The van der Waals surface area contributed by atoms with Gasteiger partial charge in [-0.1, -0.05) is 35.3 Å². The first-order valence-corrected chi connectivity index (χ1v) is 8.90. The van der Waals surface area contributed by atoms with Gasteiger partial charge in [0.25, 0.3) is 0 Å². The quantitative estimate of drug-likeness (QED) is 0.491. The van der Waals surface area contributed by atoms with Gasteiger partial charge in [-0.3, -0.25) is 0 Å². The molecule has 0 saturated heterocycles. The Morgan fingerprint density at radius 2 is 1.81 bits per heavy atom. The molecule has 0 heterocycles. The average Bonchev–Trinajstić information content (AvgIpc) is 2.63. The third kappa shape index (κ3) is 5.35. The zero-order valence-corrected chi connectivity index (χ0v) is 16.1. The van der Waals surface area contributed by atoms with Crippen LogP contribution < -0.4 is 11.1 Å². The molecule has 0 bridgehead atoms. The van der Waals surface area contributed by atoms with Crippen molar-refractivity contribution in [1.82, 2.24) is 5.32 Å². The van der Waals surface area contributed by atoms with Crippen molar-refractivity contribution in [2.24, 2.45) is 0 Å². The smallest absolute Gasteiger partial charge is 0.337 e. The molecular formula is C19H22Cl2N2O3. The van der Waals surface area contributed by atoms with E-state index in [1.54, 1.807) is 24.3 Å². The number of halogens is 2. The molecule has 2 atom stereocenters. The lowest BCUT2D eigenvalue weighted by molar-refractivity contribution is 0.0600. The molecule has 2 unspecified atom stereocenters. The lowest BCUT2D eigenvalue weighted by atomic mass is 10.0. The number of anilines is 1. The van der Waals surface area contributed by atoms with E-state index in [2.05, 4.69) is 10.1 Å². The van der Waals surface area contributed by atoms with Gasteiger partial charge in [0.2, 0.25) is 0 Å². The Labute approximate surface area is 163 Å². The molecule has 4 N–H and O–H groups in total. The van der Waals surface area contributed by atoms with Gasteiger partial charge >= 0.3 is 5.97 Å². The van der Waals surface area contributed by atoms with E-state index in [-0.39, 0.29) is 12.0 Å². The fourth-order valence-corrected chi connectivity index (χ4v) is 3.05. The van der Waals surface area contributed by atoms with E-state index in [9.17, 15) is 9.90 Å². The van der Waals surface area contributed by atoms with E-state index in [4.69, 9.17) is 28.9 Å². The largest absolute Gasteiger partial charge is 0.465 e. The van der Waals surface area contributed by atoms with Crippen LogP contribution in [0.15, 0.2) is 36.4 Å². The van der Waals surface area contributed by atoms with Gasteiger partial charge in [0.1, 0.15) is 0 Å². The second-order valence-corrected chi connectivity index (χ2v) is 6.93. The Kier molecular flexibility index (Phi) is 7.29. The van der Waals surface area contributed by atoms with Crippen LogP contribution in [0.25, 0.3) is 0 Å². The van der Waals surface area contributed by atoms with Crippen LogP contribution in [0.2, 0.25) is 10.0 Å². The molecule has 0 fully saturated rings. The Morgan fingerprint density at radius 1 is 1.23 bits per heavy atom. The first-order valence-electron chi connectivity index (χ1n) is 8.15. The molecule has 140 valence electrons. The highest BCUT2D eigenvalue weighted by Crippen LogP contribution is 2.31. The van der Waals surface area contributed by atoms with E-state index in [1.807, 2.05) is 19.1 Å². The molecule has 0 saturated carbocycles. The number of nitrogens with one attached hydrogen (secondary N) is 1. The van der Waals surface area contributed by atoms with Crippen LogP contribution in [-0.4, -0.2) is 30.8 Å². The van der Waals surface area contributed by atoms with E-state index < -0.39 is 6.10 Å². The summed E-state index contributed by atoms with van der Waals surface area (Å²) in [6, 6.07) is 10.6. The second-order valence-electron chi connectivity index (χ2n) is 6.12. The first kappa shape index (κ1) is 20.5. The van der Waals surface area contributed by atoms with Crippen LogP contribution in [0.3, 0.4) is 0 Å². The third-order valence-electron chi connectivity index (χ3n) is 4.06. The van der Waals surface area contributed by atoms with Crippen molar-refractivity contribution in [1.29, 1.82) is 0 Å². The Balaban J connectivity index is 1.90. The van der Waals surface area contributed by atoms with Gasteiger partial charge in [0, 0.05) is 12.6 Å². The monoisotopic (exact) mass is 396 g/mol. The molecule has 0 aliphatic rings. The van der Waals surface area contributed by atoms with Crippen molar-refractivity contribution < 1.29 is 14.6 Å². The zero-order valence-electron chi connectivity index (χ0n) is 14.6. The summed E-state index contributed by atoms with van der Waals surface area (Å²) in [6.45, 7) is 2.36. The van der Waals surface area contributed by atoms with Crippen molar-refractivity contribution in [3.8, 4) is 0 Å². The van der Waals surface area contributed by atoms with Crippen LogP contribution in [0.5, 0.6) is 0 Å². The number of methoxy groups -OCH3 is 1. The molecular weight excluding hydrogens is 375 g/mol. The van der Waals surface area contributed by atoms with E-state index in [0.717, 1.165) is 12.0 Å². The van der Waals surface area contributed by atoms with Crippen LogP contribution in [0, 0.1) is 0 Å². The van der Waals surface area contributed by atoms with Crippen LogP contribution >= 0.6 is 23.2 Å². The molecule has 2 aromatic carbocycles. The molecule has 5 nitrogen and oxygen atoms in total. The first-order chi connectivity index (χ1) is 12.3. The highest BCUT2D eigenvalue weighted by atomic mass is 35.5. The molecule has 0 amide bonds. The fraction of sp³-hybridized carbons (Fsp3) is 0.316. The molecule has 26 heavy (non-hydrogen) atoms. The van der Waals surface area contributed by atoms with E-state index in [1.165, 1.54) is 7.11 Å². The van der Waals surface area contributed by atoms with Crippen molar-refractivity contribution in [2.45, 2.75) is 25.5 Å². The summed E-state index contributed by atoms with van der Waals surface area (Å²) in [5.74, 6) is -0.355. The summed E-state index contributed by atoms with van der Waals surface area (Å²) < 4.78 is 4.68. The summed E-state index contributed by atoms with van der Waals surface area (Å²) >= 11 is 12.0. The predicted octanol–water partition coefficient (Wildman–Crippen LogP) is 3.62. The maximum Gasteiger partial charge on any atom is 0.337 e. The second kappa shape index (κ2) is 9.24. The van der Waals surface area contributed by atoms with E-state index >= 15 is 0 Å². The third-order valence-corrected chi connectivity index (χ3v) is 4.69. The number of nitrogen functional groups attached to an aromatic ring is 1. The topological polar surface area (TPSA) is 84.6 Å². The number of aliphatic hydroxyl groups is 1. The number of benzene rings is 2. The fourth-order valence-electron chi connectivity index (χ4n) is 2.55. The number of aliphatic hydroxyl groups excluding tert-OH is 1. The van der Waals surface area contributed by atoms with Crippen molar-refractivity contribution in [2.75, 3.05) is 19.4 Å². The Hall–Kier alpha value is -1.79. The number of rotatable bonds is 7. The lowest BCUT2D eigenvalue weighted by Gasteiger charge is -2.18. The Bertz CT molecular complexity index is 743. The molecule has 2 aromatic rings. The van der Waals surface area contributed by atoms with E-state index in [0.29, 0.717) is 33.4 Å². The van der Waals surface area contributed by atoms with Crippen molar-refractivity contribution >= 4 is 34.9 Å². The molecule has 2 rings (SSSR count). The maximum atomic E-state index is 11.4. The maximum absolute atomic E-state index is 11.4. The minimum absolute atomic E-state index is 0.119. The van der Waals surface area contributed by atoms with Crippen molar-refractivity contribution in [3.63, 3.8) is 0 Å². The van der Waals surface area contributed by atoms with Gasteiger partial charge in [0.05, 0.1) is 34.5 Å². The van der Waals surface area contributed by atoms with Gasteiger partial charge in [0.15, 0.2) is 0 Å². The summed E-state index contributed by atoms with van der Waals surface area (Å²) in [4.78, 5) is 11.4. The molecule has 0 aliphatic heterocycles. The highest BCUT2D eigenvalue weighted by molar-refractivity contribution is 6.38. The molecule has 0 aromatic heterocycles. The summed E-state index contributed by atoms with van der Waals surface area (Å²) in [7, 11) is 1.36. The average molecular weight is 397 g/mol. The van der Waals surface area contributed by atoms with Gasteiger partial charge in [-0.25, -0.2) is 4.79 Å². The van der Waals surface area contributed by atoms with Crippen LogP contribution in [0.4, 0.5) is 5.69 Å². The minimum atomic E-state index is -0.755. The van der Waals surface area contributed by atoms with Gasteiger partial charge < -0.3 is 20.9 Å². The summed E-state index contributed by atoms with van der Waals surface area (Å²) in [6.07, 6.45) is -0.00742. The molecule has 7 heteroatoms. The number of carbonyl (C=O) groups is 1. The van der Waals surface area contributed by atoms with Gasteiger partial charge in [-0.05, 0) is 48.7 Å². The Morgan fingerprint density at radius 3 is 2.35 bits per heavy atom. The SMILES string of the molecule is COC(=O)c1ccc(CC(C)NCC(O)c2cc(Cl)c(N)c(Cl)c2)cc1. The number of hydrogen-bond donors (Lipinski definition) is 3. The lowest BCUT2D eigenvalue weighted by Crippen LogP contribution is -2.32. The summed E-state index contributed by atoms with van der Waals surface area (Å²) in [5.41, 5.74) is 8.21. The number of hydrogen-bond acceptors (Lipinski definition) is 5. The normalized spacial score (nSPS) is 13.3.